The average Bonchev–Trinajstić information content (AvgIpc) is 2.82. The summed E-state index contributed by atoms with van der Waals surface area (Å²) in [5, 5.41) is 9.30. The smallest absolute Gasteiger partial charge is 0.0960 e. The van der Waals surface area contributed by atoms with E-state index in [-0.39, 0.29) is 0 Å². The number of para-hydroxylation sites is 1. The van der Waals surface area contributed by atoms with Crippen molar-refractivity contribution < 1.29 is 4.74 Å². The Kier molecular flexibility index (Phi) is 4.33. The van der Waals surface area contributed by atoms with Gasteiger partial charge in [0.05, 0.1) is 17.8 Å². The second kappa shape index (κ2) is 6.37. The molecule has 2 aromatic rings. The summed E-state index contributed by atoms with van der Waals surface area (Å²) < 4.78 is 7.76. The van der Waals surface area contributed by atoms with Gasteiger partial charge >= 0.3 is 0 Å². The number of hydrogen-bond acceptors (Lipinski definition) is 3. The Bertz CT molecular complexity index is 558. The highest BCUT2D eigenvalue weighted by molar-refractivity contribution is 5.81. The van der Waals surface area contributed by atoms with Crippen molar-refractivity contribution in [3.63, 3.8) is 0 Å². The Hall–Kier alpha value is -1.39. The third-order valence-corrected chi connectivity index (χ3v) is 4.10. The Morgan fingerprint density at radius 3 is 3.10 bits per heavy atom. The lowest BCUT2D eigenvalue weighted by molar-refractivity contribution is 0.106. The number of benzene rings is 1. The molecule has 0 bridgehead atoms. The largest absolute Gasteiger partial charge is 0.375 e. The van der Waals surface area contributed by atoms with Crippen LogP contribution >= 0.6 is 0 Å². The Morgan fingerprint density at radius 2 is 2.25 bits per heavy atom. The second-order valence-electron chi connectivity index (χ2n) is 5.58. The van der Waals surface area contributed by atoms with Gasteiger partial charge in [-0.05, 0) is 31.9 Å². The number of ether oxygens (including phenoxy) is 1. The molecule has 3 rings (SSSR count). The fourth-order valence-corrected chi connectivity index (χ4v) is 2.96. The first-order valence-corrected chi connectivity index (χ1v) is 7.56. The predicted molar refractivity (Wildman–Crippen MR) is 80.6 cm³/mol. The SMILES string of the molecule is Cn1nc(COCCC2CCCCN2)c2ccccc21. The average molecular weight is 273 g/mol. The van der Waals surface area contributed by atoms with E-state index in [4.69, 9.17) is 4.74 Å². The van der Waals surface area contributed by atoms with Crippen molar-refractivity contribution in [2.24, 2.45) is 7.05 Å². The number of nitrogens with zero attached hydrogens (tertiary/aromatic N) is 2. The second-order valence-corrected chi connectivity index (χ2v) is 5.58. The number of hydrogen-bond donors (Lipinski definition) is 1. The van der Waals surface area contributed by atoms with Crippen LogP contribution in [0.3, 0.4) is 0 Å². The van der Waals surface area contributed by atoms with Gasteiger partial charge in [-0.2, -0.15) is 5.10 Å². The maximum absolute atomic E-state index is 5.83. The minimum atomic E-state index is 0.605. The predicted octanol–water partition coefficient (Wildman–Crippen LogP) is 2.62. The summed E-state index contributed by atoms with van der Waals surface area (Å²) in [6.45, 7) is 2.58. The van der Waals surface area contributed by atoms with E-state index >= 15 is 0 Å². The van der Waals surface area contributed by atoms with E-state index in [1.165, 1.54) is 30.2 Å². The molecular formula is C16H23N3O. The van der Waals surface area contributed by atoms with Crippen molar-refractivity contribution in [2.45, 2.75) is 38.3 Å². The lowest BCUT2D eigenvalue weighted by atomic mass is 10.0. The van der Waals surface area contributed by atoms with Crippen molar-refractivity contribution in [1.82, 2.24) is 15.1 Å². The lowest BCUT2D eigenvalue weighted by Crippen LogP contribution is -2.34. The Balaban J connectivity index is 1.52. The van der Waals surface area contributed by atoms with E-state index in [9.17, 15) is 0 Å². The topological polar surface area (TPSA) is 39.1 Å². The van der Waals surface area contributed by atoms with E-state index in [2.05, 4.69) is 28.6 Å². The fourth-order valence-electron chi connectivity index (χ4n) is 2.96. The van der Waals surface area contributed by atoms with Gasteiger partial charge in [0.25, 0.3) is 0 Å². The van der Waals surface area contributed by atoms with Crippen molar-refractivity contribution in [3.05, 3.63) is 30.0 Å². The fraction of sp³-hybridized carbons (Fsp3) is 0.562. The van der Waals surface area contributed by atoms with Crippen LogP contribution in [0, 0.1) is 0 Å². The molecule has 108 valence electrons. The molecule has 1 unspecified atom stereocenters. The van der Waals surface area contributed by atoms with Gasteiger partial charge in [0.15, 0.2) is 0 Å². The summed E-state index contributed by atoms with van der Waals surface area (Å²) in [4.78, 5) is 0. The number of nitrogens with one attached hydrogen (secondary N) is 1. The van der Waals surface area contributed by atoms with Gasteiger partial charge in [0.2, 0.25) is 0 Å². The monoisotopic (exact) mass is 273 g/mol. The van der Waals surface area contributed by atoms with Crippen molar-refractivity contribution in [3.8, 4) is 0 Å². The summed E-state index contributed by atoms with van der Waals surface area (Å²) >= 11 is 0. The standard InChI is InChI=1S/C16H23N3O/c1-19-16-8-3-2-7-14(16)15(18-19)12-20-11-9-13-6-4-5-10-17-13/h2-3,7-8,13,17H,4-6,9-12H2,1H3. The van der Waals surface area contributed by atoms with Gasteiger partial charge in [-0.1, -0.05) is 24.6 Å². The Labute approximate surface area is 120 Å². The van der Waals surface area contributed by atoms with Gasteiger partial charge in [-0.25, -0.2) is 0 Å². The zero-order valence-corrected chi connectivity index (χ0v) is 12.1. The first kappa shape index (κ1) is 13.6. The minimum absolute atomic E-state index is 0.605. The molecule has 0 saturated carbocycles. The molecule has 4 nitrogen and oxygen atoms in total. The third-order valence-electron chi connectivity index (χ3n) is 4.10. The third kappa shape index (κ3) is 3.02. The first-order valence-electron chi connectivity index (χ1n) is 7.56. The highest BCUT2D eigenvalue weighted by Crippen LogP contribution is 2.18. The molecule has 1 aliphatic rings. The maximum Gasteiger partial charge on any atom is 0.0960 e. The number of aromatic nitrogens is 2. The zero-order valence-electron chi connectivity index (χ0n) is 12.1. The van der Waals surface area contributed by atoms with Crippen LogP contribution < -0.4 is 5.32 Å². The van der Waals surface area contributed by atoms with Crippen LogP contribution in [0.4, 0.5) is 0 Å². The molecule has 1 atom stereocenters. The van der Waals surface area contributed by atoms with E-state index in [1.807, 2.05) is 17.8 Å². The minimum Gasteiger partial charge on any atom is -0.375 e. The van der Waals surface area contributed by atoms with Crippen LogP contribution in [0.2, 0.25) is 0 Å². The van der Waals surface area contributed by atoms with Crippen molar-refractivity contribution in [1.29, 1.82) is 0 Å². The normalized spacial score (nSPS) is 19.6. The van der Waals surface area contributed by atoms with Gasteiger partial charge in [-0.3, -0.25) is 4.68 Å². The van der Waals surface area contributed by atoms with E-state index < -0.39 is 0 Å². The van der Waals surface area contributed by atoms with Gasteiger partial charge in [0, 0.05) is 25.1 Å². The number of fused-ring (bicyclic) bond motifs is 1. The molecule has 0 aliphatic carbocycles. The number of rotatable bonds is 5. The van der Waals surface area contributed by atoms with E-state index in [1.54, 1.807) is 0 Å². The van der Waals surface area contributed by atoms with E-state index in [0.29, 0.717) is 12.6 Å². The zero-order chi connectivity index (χ0) is 13.8. The Morgan fingerprint density at radius 1 is 1.35 bits per heavy atom. The summed E-state index contributed by atoms with van der Waals surface area (Å²) in [6.07, 6.45) is 5.06. The van der Waals surface area contributed by atoms with Crippen LogP contribution in [0.1, 0.15) is 31.4 Å². The molecule has 0 spiro atoms. The molecule has 1 aliphatic heterocycles. The molecule has 2 heterocycles. The number of aryl methyl sites for hydroxylation is 1. The molecule has 4 heteroatoms. The highest BCUT2D eigenvalue weighted by Gasteiger charge is 2.12. The van der Waals surface area contributed by atoms with Crippen LogP contribution in [-0.4, -0.2) is 29.0 Å². The first-order chi connectivity index (χ1) is 9.84. The quantitative estimate of drug-likeness (QED) is 0.851. The maximum atomic E-state index is 5.83. The molecular weight excluding hydrogens is 250 g/mol. The summed E-state index contributed by atoms with van der Waals surface area (Å²) in [5.41, 5.74) is 2.21. The molecule has 1 N–H and O–H groups in total. The van der Waals surface area contributed by atoms with Crippen molar-refractivity contribution in [2.75, 3.05) is 13.2 Å². The van der Waals surface area contributed by atoms with Crippen LogP contribution in [0.25, 0.3) is 10.9 Å². The number of piperidine rings is 1. The molecule has 1 aromatic heterocycles. The molecule has 1 fully saturated rings. The molecule has 1 saturated heterocycles. The summed E-state index contributed by atoms with van der Waals surface area (Å²) in [7, 11) is 1.98. The molecule has 20 heavy (non-hydrogen) atoms. The van der Waals surface area contributed by atoms with Crippen LogP contribution in [0.15, 0.2) is 24.3 Å². The van der Waals surface area contributed by atoms with Gasteiger partial charge in [0.1, 0.15) is 0 Å². The van der Waals surface area contributed by atoms with Crippen LogP contribution in [-0.2, 0) is 18.4 Å². The summed E-state index contributed by atoms with van der Waals surface area (Å²) in [6, 6.07) is 8.95. The van der Waals surface area contributed by atoms with Crippen molar-refractivity contribution >= 4 is 10.9 Å². The van der Waals surface area contributed by atoms with Gasteiger partial charge in [-0.15, -0.1) is 0 Å². The van der Waals surface area contributed by atoms with Gasteiger partial charge < -0.3 is 10.1 Å². The highest BCUT2D eigenvalue weighted by atomic mass is 16.5. The lowest BCUT2D eigenvalue weighted by Gasteiger charge is -2.23. The molecule has 1 aromatic carbocycles. The summed E-state index contributed by atoms with van der Waals surface area (Å²) in [5.74, 6) is 0. The van der Waals surface area contributed by atoms with E-state index in [0.717, 1.165) is 25.3 Å². The van der Waals surface area contributed by atoms with Crippen LogP contribution in [0.5, 0.6) is 0 Å². The molecule has 0 radical (unpaired) electrons. The molecule has 0 amide bonds.